The van der Waals surface area contributed by atoms with Crippen LogP contribution in [0.25, 0.3) is 0 Å². The van der Waals surface area contributed by atoms with Gasteiger partial charge in [-0.3, -0.25) is 4.90 Å². The summed E-state index contributed by atoms with van der Waals surface area (Å²) in [7, 11) is 0. The molecule has 1 heterocycles. The smallest absolute Gasteiger partial charge is 0.410 e. The van der Waals surface area contributed by atoms with E-state index in [-0.39, 0.29) is 11.5 Å². The number of benzene rings is 2. The van der Waals surface area contributed by atoms with E-state index in [1.165, 1.54) is 17.5 Å². The Hall–Kier alpha value is -2.33. The standard InChI is InChI=1S/C23H28N2O2/c1-4-25-13-12-23(3)20-15-19(11-10-18(20)14-21(23)25)27-22(26)24-16(2)17-8-6-5-7-9-17/h5-11,15-16,21H,4,12-14H2,1-3H3,(H,24,26)/t16-,21+,23-/m0/s1. The fourth-order valence-electron chi connectivity index (χ4n) is 4.82. The normalized spacial score (nSPS) is 24.9. The van der Waals surface area contributed by atoms with Crippen LogP contribution in [-0.2, 0) is 11.8 Å². The molecule has 0 bridgehead atoms. The number of fused-ring (bicyclic) bond motifs is 3. The van der Waals surface area contributed by atoms with E-state index in [4.69, 9.17) is 4.74 Å². The molecule has 2 aromatic carbocycles. The summed E-state index contributed by atoms with van der Waals surface area (Å²) in [6, 6.07) is 16.5. The van der Waals surface area contributed by atoms with Gasteiger partial charge in [-0.2, -0.15) is 0 Å². The lowest BCUT2D eigenvalue weighted by Crippen LogP contribution is -2.37. The van der Waals surface area contributed by atoms with Crippen LogP contribution >= 0.6 is 0 Å². The number of hydrogen-bond acceptors (Lipinski definition) is 3. The van der Waals surface area contributed by atoms with Gasteiger partial charge >= 0.3 is 6.09 Å². The second-order valence-corrected chi connectivity index (χ2v) is 8.00. The van der Waals surface area contributed by atoms with Gasteiger partial charge in [0.1, 0.15) is 5.75 Å². The molecular weight excluding hydrogens is 336 g/mol. The molecule has 0 aromatic heterocycles. The van der Waals surface area contributed by atoms with Gasteiger partial charge in [-0.1, -0.05) is 50.2 Å². The predicted octanol–water partition coefficient (Wildman–Crippen LogP) is 4.44. The van der Waals surface area contributed by atoms with Gasteiger partial charge in [-0.15, -0.1) is 0 Å². The van der Waals surface area contributed by atoms with Crippen LogP contribution < -0.4 is 10.1 Å². The predicted molar refractivity (Wildman–Crippen MR) is 107 cm³/mol. The number of carbonyl (C=O) groups is 1. The molecule has 4 nitrogen and oxygen atoms in total. The summed E-state index contributed by atoms with van der Waals surface area (Å²) in [5, 5.41) is 2.92. The highest BCUT2D eigenvalue weighted by Gasteiger charge is 2.49. The van der Waals surface area contributed by atoms with Crippen molar-refractivity contribution in [2.75, 3.05) is 13.1 Å². The van der Waals surface area contributed by atoms with E-state index >= 15 is 0 Å². The van der Waals surface area contributed by atoms with Gasteiger partial charge < -0.3 is 10.1 Å². The SMILES string of the molecule is CCN1CC[C@@]2(C)c3cc(OC(=O)N[C@@H](C)c4ccccc4)ccc3C[C@@H]12. The average Bonchev–Trinajstić information content (AvgIpc) is 3.14. The molecule has 2 aliphatic rings. The van der Waals surface area contributed by atoms with Gasteiger partial charge in [0.2, 0.25) is 0 Å². The van der Waals surface area contributed by atoms with Crippen molar-refractivity contribution in [3.05, 3.63) is 65.2 Å². The molecule has 1 fully saturated rings. The van der Waals surface area contributed by atoms with Crippen molar-refractivity contribution < 1.29 is 9.53 Å². The van der Waals surface area contributed by atoms with Crippen LogP contribution in [-0.4, -0.2) is 30.1 Å². The minimum Gasteiger partial charge on any atom is -0.410 e. The van der Waals surface area contributed by atoms with Crippen molar-refractivity contribution >= 4 is 6.09 Å². The molecule has 142 valence electrons. The van der Waals surface area contributed by atoms with Crippen LogP contribution in [0.4, 0.5) is 4.79 Å². The zero-order chi connectivity index (χ0) is 19.0. The van der Waals surface area contributed by atoms with Crippen molar-refractivity contribution in [3.63, 3.8) is 0 Å². The number of ether oxygens (including phenoxy) is 1. The highest BCUT2D eigenvalue weighted by atomic mass is 16.6. The van der Waals surface area contributed by atoms with Crippen molar-refractivity contribution in [2.24, 2.45) is 0 Å². The average molecular weight is 364 g/mol. The van der Waals surface area contributed by atoms with Crippen LogP contribution in [0.3, 0.4) is 0 Å². The van der Waals surface area contributed by atoms with Crippen LogP contribution in [0.2, 0.25) is 0 Å². The zero-order valence-electron chi connectivity index (χ0n) is 16.4. The molecule has 1 N–H and O–H groups in total. The van der Waals surface area contributed by atoms with E-state index in [1.54, 1.807) is 0 Å². The number of carbonyl (C=O) groups excluding carboxylic acids is 1. The molecule has 1 aliphatic heterocycles. The molecule has 4 heteroatoms. The van der Waals surface area contributed by atoms with Crippen LogP contribution in [0.15, 0.2) is 48.5 Å². The highest BCUT2D eigenvalue weighted by Crippen LogP contribution is 2.48. The quantitative estimate of drug-likeness (QED) is 0.872. The number of hydrogen-bond donors (Lipinski definition) is 1. The summed E-state index contributed by atoms with van der Waals surface area (Å²) >= 11 is 0. The van der Waals surface area contributed by atoms with Crippen molar-refractivity contribution in [2.45, 2.75) is 51.1 Å². The van der Waals surface area contributed by atoms with Gasteiger partial charge in [0.15, 0.2) is 0 Å². The van der Waals surface area contributed by atoms with Crippen molar-refractivity contribution in [3.8, 4) is 5.75 Å². The van der Waals surface area contributed by atoms with Gasteiger partial charge in [0, 0.05) is 11.5 Å². The Kier molecular flexibility index (Phi) is 4.68. The number of amides is 1. The second-order valence-electron chi connectivity index (χ2n) is 8.00. The molecule has 0 spiro atoms. The molecule has 2 aromatic rings. The Morgan fingerprint density at radius 3 is 2.81 bits per heavy atom. The number of nitrogens with one attached hydrogen (secondary N) is 1. The highest BCUT2D eigenvalue weighted by molar-refractivity contribution is 5.71. The van der Waals surface area contributed by atoms with Crippen LogP contribution in [0, 0.1) is 0 Å². The van der Waals surface area contributed by atoms with Gasteiger partial charge in [-0.05, 0) is 61.7 Å². The van der Waals surface area contributed by atoms with E-state index in [0.717, 1.165) is 25.1 Å². The maximum atomic E-state index is 12.4. The van der Waals surface area contributed by atoms with E-state index in [0.29, 0.717) is 11.8 Å². The molecule has 0 unspecified atom stereocenters. The molecule has 1 aliphatic carbocycles. The third-order valence-electron chi connectivity index (χ3n) is 6.46. The molecule has 3 atom stereocenters. The lowest BCUT2D eigenvalue weighted by Gasteiger charge is -2.29. The Morgan fingerprint density at radius 2 is 2.07 bits per heavy atom. The number of rotatable bonds is 4. The minimum atomic E-state index is -0.410. The molecule has 4 rings (SSSR count). The number of likely N-dealkylation sites (tertiary alicyclic amines) is 1. The lowest BCUT2D eigenvalue weighted by atomic mass is 9.80. The largest absolute Gasteiger partial charge is 0.413 e. The first-order chi connectivity index (χ1) is 13.0. The van der Waals surface area contributed by atoms with E-state index in [9.17, 15) is 4.79 Å². The fraction of sp³-hybridized carbons (Fsp3) is 0.435. The summed E-state index contributed by atoms with van der Waals surface area (Å²) in [5.74, 6) is 0.628. The van der Waals surface area contributed by atoms with E-state index in [2.05, 4.69) is 36.2 Å². The van der Waals surface area contributed by atoms with Crippen LogP contribution in [0.1, 0.15) is 49.9 Å². The third kappa shape index (κ3) is 3.23. The zero-order valence-corrected chi connectivity index (χ0v) is 16.4. The van der Waals surface area contributed by atoms with E-state index in [1.807, 2.05) is 43.3 Å². The maximum Gasteiger partial charge on any atom is 0.413 e. The van der Waals surface area contributed by atoms with Gasteiger partial charge in [-0.25, -0.2) is 4.79 Å². The van der Waals surface area contributed by atoms with Gasteiger partial charge in [0.25, 0.3) is 0 Å². The Balaban J connectivity index is 1.47. The molecule has 1 amide bonds. The first kappa shape index (κ1) is 18.1. The first-order valence-electron chi connectivity index (χ1n) is 9.92. The Bertz CT molecular complexity index is 836. The monoisotopic (exact) mass is 364 g/mol. The summed E-state index contributed by atoms with van der Waals surface area (Å²) in [6.45, 7) is 8.80. The molecule has 1 saturated heterocycles. The summed E-state index contributed by atoms with van der Waals surface area (Å²) < 4.78 is 5.61. The maximum absolute atomic E-state index is 12.4. The minimum absolute atomic E-state index is 0.0945. The van der Waals surface area contributed by atoms with Crippen LogP contribution in [0.5, 0.6) is 5.75 Å². The topological polar surface area (TPSA) is 41.6 Å². The molecule has 0 radical (unpaired) electrons. The second kappa shape index (κ2) is 7.01. The third-order valence-corrected chi connectivity index (χ3v) is 6.46. The lowest BCUT2D eigenvalue weighted by molar-refractivity contribution is 0.197. The summed E-state index contributed by atoms with van der Waals surface area (Å²) in [4.78, 5) is 14.9. The number of likely N-dealkylation sites (N-methyl/N-ethyl adjacent to an activating group) is 1. The fourth-order valence-corrected chi connectivity index (χ4v) is 4.82. The Labute approximate surface area is 161 Å². The molecule has 27 heavy (non-hydrogen) atoms. The molecular formula is C23H28N2O2. The summed E-state index contributed by atoms with van der Waals surface area (Å²) in [5.41, 5.74) is 3.97. The first-order valence-corrected chi connectivity index (χ1v) is 9.92. The van der Waals surface area contributed by atoms with Gasteiger partial charge in [0.05, 0.1) is 6.04 Å². The number of nitrogens with zero attached hydrogens (tertiary/aromatic N) is 1. The van der Waals surface area contributed by atoms with Crippen molar-refractivity contribution in [1.29, 1.82) is 0 Å². The Morgan fingerprint density at radius 1 is 1.30 bits per heavy atom. The van der Waals surface area contributed by atoms with E-state index < -0.39 is 6.09 Å². The summed E-state index contributed by atoms with van der Waals surface area (Å²) in [6.07, 6.45) is 1.85. The molecule has 0 saturated carbocycles. The van der Waals surface area contributed by atoms with Crippen molar-refractivity contribution in [1.82, 2.24) is 10.2 Å².